The molecule has 0 saturated heterocycles. The normalized spacial score (nSPS) is 13.7. The topological polar surface area (TPSA) is 78.3 Å². The van der Waals surface area contributed by atoms with Crippen LogP contribution in [0, 0.1) is 0 Å². The number of aliphatic hydroxyl groups excluding tert-OH is 1. The molecule has 22 heavy (non-hydrogen) atoms. The number of thioether (sulfide) groups is 1. The van der Waals surface area contributed by atoms with Gasteiger partial charge in [0.05, 0.1) is 5.69 Å². The molecule has 1 aliphatic heterocycles. The fourth-order valence-electron chi connectivity index (χ4n) is 2.36. The van der Waals surface area contributed by atoms with E-state index in [1.807, 2.05) is 30.5 Å². The average Bonchev–Trinajstić information content (AvgIpc) is 2.54. The maximum atomic E-state index is 12.3. The zero-order valence-electron chi connectivity index (χ0n) is 12.1. The number of nitrogens with zero attached hydrogens (tertiary/aromatic N) is 3. The Bertz CT molecular complexity index is 708. The number of anilines is 2. The summed E-state index contributed by atoms with van der Waals surface area (Å²) in [5.41, 5.74) is 2.58. The minimum absolute atomic E-state index is 0.0744. The number of benzene rings is 1. The minimum Gasteiger partial charge on any atom is -0.396 e. The summed E-state index contributed by atoms with van der Waals surface area (Å²) in [6.07, 6.45) is 4.20. The van der Waals surface area contributed by atoms with Gasteiger partial charge in [-0.2, -0.15) is 0 Å². The van der Waals surface area contributed by atoms with E-state index in [2.05, 4.69) is 15.3 Å². The van der Waals surface area contributed by atoms with E-state index < -0.39 is 0 Å². The molecule has 2 N–H and O–H groups in total. The quantitative estimate of drug-likeness (QED) is 0.667. The van der Waals surface area contributed by atoms with Gasteiger partial charge in [0.2, 0.25) is 0 Å². The second kappa shape index (κ2) is 6.33. The average molecular weight is 316 g/mol. The molecule has 0 aliphatic carbocycles. The van der Waals surface area contributed by atoms with Crippen LogP contribution < -0.4 is 10.2 Å². The summed E-state index contributed by atoms with van der Waals surface area (Å²) in [7, 11) is 0. The number of rotatable bonds is 4. The van der Waals surface area contributed by atoms with Crippen molar-refractivity contribution in [3.05, 3.63) is 41.6 Å². The van der Waals surface area contributed by atoms with Crippen LogP contribution in [0.15, 0.2) is 35.6 Å². The zero-order chi connectivity index (χ0) is 15.5. The molecular weight excluding hydrogens is 300 g/mol. The number of urea groups is 1. The summed E-state index contributed by atoms with van der Waals surface area (Å²) in [6.45, 7) is 0.501. The second-order valence-electron chi connectivity index (χ2n) is 4.84. The van der Waals surface area contributed by atoms with E-state index in [1.54, 1.807) is 11.1 Å². The molecule has 0 atom stereocenters. The van der Waals surface area contributed by atoms with Crippen LogP contribution >= 0.6 is 11.8 Å². The van der Waals surface area contributed by atoms with Crippen molar-refractivity contribution in [2.24, 2.45) is 0 Å². The van der Waals surface area contributed by atoms with E-state index in [0.29, 0.717) is 23.9 Å². The van der Waals surface area contributed by atoms with Gasteiger partial charge < -0.3 is 10.4 Å². The molecule has 2 amide bonds. The second-order valence-corrected chi connectivity index (χ2v) is 5.62. The van der Waals surface area contributed by atoms with Crippen molar-refractivity contribution >= 4 is 29.3 Å². The highest BCUT2D eigenvalue weighted by Crippen LogP contribution is 2.31. The maximum absolute atomic E-state index is 12.3. The Morgan fingerprint density at radius 1 is 1.45 bits per heavy atom. The molecule has 2 heterocycles. The number of aromatic nitrogens is 2. The number of aliphatic hydroxyl groups is 1. The van der Waals surface area contributed by atoms with Crippen LogP contribution in [0.5, 0.6) is 0 Å². The molecule has 1 aromatic heterocycles. The molecule has 0 spiro atoms. The Labute approximate surface area is 132 Å². The predicted octanol–water partition coefficient (Wildman–Crippen LogP) is 2.09. The fraction of sp³-hybridized carbons (Fsp3) is 0.267. The fourth-order valence-corrected chi connectivity index (χ4v) is 2.70. The van der Waals surface area contributed by atoms with Gasteiger partial charge in [0, 0.05) is 24.9 Å². The smallest absolute Gasteiger partial charge is 0.327 e. The summed E-state index contributed by atoms with van der Waals surface area (Å²) >= 11 is 1.44. The molecule has 114 valence electrons. The van der Waals surface area contributed by atoms with Gasteiger partial charge in [0.1, 0.15) is 0 Å². The molecule has 0 saturated carbocycles. The third-order valence-corrected chi connectivity index (χ3v) is 3.98. The van der Waals surface area contributed by atoms with Crippen molar-refractivity contribution in [2.45, 2.75) is 18.1 Å². The molecule has 1 aromatic carbocycles. The van der Waals surface area contributed by atoms with Crippen LogP contribution in [0.2, 0.25) is 0 Å². The number of nitrogens with one attached hydrogen (secondary N) is 1. The summed E-state index contributed by atoms with van der Waals surface area (Å²) in [5.74, 6) is 0.615. The van der Waals surface area contributed by atoms with Gasteiger partial charge in [-0.05, 0) is 30.4 Å². The van der Waals surface area contributed by atoms with Crippen molar-refractivity contribution in [1.82, 2.24) is 15.3 Å². The molecule has 0 radical (unpaired) electrons. The lowest BCUT2D eigenvalue weighted by atomic mass is 10.1. The van der Waals surface area contributed by atoms with E-state index in [0.717, 1.165) is 16.8 Å². The van der Waals surface area contributed by atoms with Crippen molar-refractivity contribution in [2.75, 3.05) is 17.8 Å². The molecular formula is C15H16N4O2S. The van der Waals surface area contributed by atoms with E-state index in [4.69, 9.17) is 5.11 Å². The number of amides is 2. The van der Waals surface area contributed by atoms with Crippen LogP contribution in [0.3, 0.4) is 0 Å². The Morgan fingerprint density at radius 2 is 2.32 bits per heavy atom. The van der Waals surface area contributed by atoms with Crippen molar-refractivity contribution in [3.63, 3.8) is 0 Å². The van der Waals surface area contributed by atoms with Crippen molar-refractivity contribution < 1.29 is 9.90 Å². The SMILES string of the molecule is CSc1ncc2c(n1)N(c1cccc(CCO)c1)C(=O)NC2. The van der Waals surface area contributed by atoms with Gasteiger partial charge in [-0.3, -0.25) is 0 Å². The first-order valence-corrected chi connectivity index (χ1v) is 8.13. The molecule has 6 nitrogen and oxygen atoms in total. The largest absolute Gasteiger partial charge is 0.396 e. The Hall–Kier alpha value is -2.12. The summed E-state index contributed by atoms with van der Waals surface area (Å²) in [5, 5.41) is 12.5. The van der Waals surface area contributed by atoms with Gasteiger partial charge in [-0.25, -0.2) is 19.7 Å². The lowest BCUT2D eigenvalue weighted by Gasteiger charge is -2.29. The van der Waals surface area contributed by atoms with Crippen LogP contribution in [0.25, 0.3) is 0 Å². The number of fused-ring (bicyclic) bond motifs is 1. The molecule has 1 aliphatic rings. The predicted molar refractivity (Wildman–Crippen MR) is 85.4 cm³/mol. The van der Waals surface area contributed by atoms with Gasteiger partial charge in [-0.15, -0.1) is 0 Å². The molecule has 0 fully saturated rings. The highest BCUT2D eigenvalue weighted by molar-refractivity contribution is 7.98. The Balaban J connectivity index is 2.06. The van der Waals surface area contributed by atoms with Crippen LogP contribution in [-0.4, -0.2) is 34.0 Å². The Kier molecular flexibility index (Phi) is 4.26. The summed E-state index contributed by atoms with van der Waals surface area (Å²) < 4.78 is 0. The van der Waals surface area contributed by atoms with Crippen LogP contribution in [-0.2, 0) is 13.0 Å². The lowest BCUT2D eigenvalue weighted by molar-refractivity contribution is 0.246. The summed E-state index contributed by atoms with van der Waals surface area (Å²) in [6, 6.07) is 7.34. The third kappa shape index (κ3) is 2.77. The number of hydrogen-bond donors (Lipinski definition) is 2. The molecule has 7 heteroatoms. The monoisotopic (exact) mass is 316 g/mol. The van der Waals surface area contributed by atoms with Gasteiger partial charge >= 0.3 is 6.03 Å². The van der Waals surface area contributed by atoms with Gasteiger partial charge in [0.25, 0.3) is 0 Å². The maximum Gasteiger partial charge on any atom is 0.327 e. The zero-order valence-corrected chi connectivity index (χ0v) is 12.9. The van der Waals surface area contributed by atoms with Gasteiger partial charge in [0.15, 0.2) is 11.0 Å². The molecule has 3 rings (SSSR count). The van der Waals surface area contributed by atoms with Crippen molar-refractivity contribution in [1.29, 1.82) is 0 Å². The summed E-state index contributed by atoms with van der Waals surface area (Å²) in [4.78, 5) is 22.6. The number of hydrogen-bond acceptors (Lipinski definition) is 5. The lowest BCUT2D eigenvalue weighted by Crippen LogP contribution is -2.42. The van der Waals surface area contributed by atoms with Crippen LogP contribution in [0.4, 0.5) is 16.3 Å². The Morgan fingerprint density at radius 3 is 3.09 bits per heavy atom. The van der Waals surface area contributed by atoms with Crippen LogP contribution in [0.1, 0.15) is 11.1 Å². The van der Waals surface area contributed by atoms with Gasteiger partial charge in [-0.1, -0.05) is 23.9 Å². The molecule has 2 aromatic rings. The minimum atomic E-state index is -0.209. The van der Waals surface area contributed by atoms with E-state index in [-0.39, 0.29) is 12.6 Å². The number of carbonyl (C=O) groups excluding carboxylic acids is 1. The highest BCUT2D eigenvalue weighted by atomic mass is 32.2. The molecule has 0 unspecified atom stereocenters. The number of carbonyl (C=O) groups is 1. The van der Waals surface area contributed by atoms with E-state index in [9.17, 15) is 4.79 Å². The molecule has 0 bridgehead atoms. The van der Waals surface area contributed by atoms with E-state index >= 15 is 0 Å². The standard InChI is InChI=1S/C15H16N4O2S/c1-22-14-16-8-11-9-17-15(21)19(13(11)18-14)12-4-2-3-10(7-12)5-6-20/h2-4,7-8,20H,5-6,9H2,1H3,(H,17,21). The van der Waals surface area contributed by atoms with Crippen molar-refractivity contribution in [3.8, 4) is 0 Å². The first-order valence-electron chi connectivity index (χ1n) is 6.90. The first kappa shape index (κ1) is 14.8. The third-order valence-electron chi connectivity index (χ3n) is 3.42. The highest BCUT2D eigenvalue weighted by Gasteiger charge is 2.27. The van der Waals surface area contributed by atoms with E-state index in [1.165, 1.54) is 11.8 Å². The first-order chi connectivity index (χ1) is 10.7.